The maximum atomic E-state index is 12.4. The first kappa shape index (κ1) is 13.2. The van der Waals surface area contributed by atoms with Gasteiger partial charge in [-0.05, 0) is 34.6 Å². The summed E-state index contributed by atoms with van der Waals surface area (Å²) in [6, 6.07) is -0.421. The maximum absolute atomic E-state index is 12.4. The lowest BCUT2D eigenvalue weighted by atomic mass is 10.2. The molecule has 0 aromatic heterocycles. The van der Waals surface area contributed by atoms with E-state index in [1.165, 1.54) is 4.90 Å². The summed E-state index contributed by atoms with van der Waals surface area (Å²) in [7, 11) is 0. The van der Waals surface area contributed by atoms with Crippen molar-refractivity contribution in [1.82, 2.24) is 4.90 Å². The predicted molar refractivity (Wildman–Crippen MR) is 54.1 cm³/mol. The van der Waals surface area contributed by atoms with Crippen LogP contribution in [0, 0.1) is 0 Å². The largest absolute Gasteiger partial charge is 0.444 e. The van der Waals surface area contributed by atoms with Gasteiger partial charge in [0.15, 0.2) is 0 Å². The highest BCUT2D eigenvalue weighted by molar-refractivity contribution is 5.68. The molecular weight excluding hydrogens is 185 g/mol. The van der Waals surface area contributed by atoms with Gasteiger partial charge in [-0.3, -0.25) is 0 Å². The summed E-state index contributed by atoms with van der Waals surface area (Å²) in [5.41, 5.74) is -0.527. The summed E-state index contributed by atoms with van der Waals surface area (Å²) in [6.07, 6.45) is -0.454. The summed E-state index contributed by atoms with van der Waals surface area (Å²) in [5, 5.41) is 0. The molecule has 0 saturated heterocycles. The van der Waals surface area contributed by atoms with Crippen molar-refractivity contribution in [3.05, 3.63) is 0 Å². The van der Waals surface area contributed by atoms with Crippen LogP contribution in [0.2, 0.25) is 0 Å². The van der Waals surface area contributed by atoms with Gasteiger partial charge in [-0.2, -0.15) is 0 Å². The topological polar surface area (TPSA) is 29.5 Å². The van der Waals surface area contributed by atoms with Crippen LogP contribution in [0.3, 0.4) is 0 Å². The first-order valence-corrected chi connectivity index (χ1v) is 4.87. The molecule has 0 aliphatic heterocycles. The molecule has 0 aliphatic carbocycles. The summed E-state index contributed by atoms with van der Waals surface area (Å²) >= 11 is 0. The minimum Gasteiger partial charge on any atom is -0.444 e. The van der Waals surface area contributed by atoms with Gasteiger partial charge in [0.2, 0.25) is 0 Å². The molecule has 4 heteroatoms. The Morgan fingerprint density at radius 1 is 1.50 bits per heavy atom. The zero-order valence-electron chi connectivity index (χ0n) is 9.63. The Morgan fingerprint density at radius 3 is 2.29 bits per heavy atom. The normalized spacial score (nSPS) is 13.6. The molecule has 0 fully saturated rings. The van der Waals surface area contributed by atoms with Gasteiger partial charge >= 0.3 is 6.09 Å². The van der Waals surface area contributed by atoms with Gasteiger partial charge < -0.3 is 9.64 Å². The molecule has 0 N–H and O–H groups in total. The molecule has 0 aromatic carbocycles. The molecule has 0 radical (unpaired) electrons. The van der Waals surface area contributed by atoms with Crippen molar-refractivity contribution in [3.8, 4) is 0 Å². The fourth-order valence-corrected chi connectivity index (χ4v) is 1.02. The molecule has 84 valence electrons. The Morgan fingerprint density at radius 2 is 2.00 bits per heavy atom. The second-order valence-electron chi connectivity index (χ2n) is 4.27. The van der Waals surface area contributed by atoms with E-state index in [0.717, 1.165) is 0 Å². The first-order valence-electron chi connectivity index (χ1n) is 4.87. The molecule has 0 rings (SSSR count). The lowest BCUT2D eigenvalue weighted by molar-refractivity contribution is 0.0166. The van der Waals surface area contributed by atoms with Crippen LogP contribution in [0.1, 0.15) is 34.6 Å². The van der Waals surface area contributed by atoms with Crippen LogP contribution >= 0.6 is 0 Å². The van der Waals surface area contributed by atoms with E-state index in [-0.39, 0.29) is 0 Å². The van der Waals surface area contributed by atoms with Crippen molar-refractivity contribution >= 4 is 6.09 Å². The Kier molecular flexibility index (Phi) is 4.88. The Bertz CT molecular complexity index is 189. The molecule has 3 nitrogen and oxygen atoms in total. The first-order chi connectivity index (χ1) is 6.31. The standard InChI is InChI=1S/C10H20FNO2/c1-6-12(8(2)7-11)9(13)14-10(3,4)5/h8H,6-7H2,1-5H3/t8-/m0/s1. The molecule has 0 aromatic rings. The van der Waals surface area contributed by atoms with E-state index in [0.29, 0.717) is 6.54 Å². The van der Waals surface area contributed by atoms with E-state index in [1.807, 2.05) is 0 Å². The number of carbonyl (C=O) groups excluding carboxylic acids is 1. The molecule has 0 aliphatic rings. The molecule has 1 atom stereocenters. The van der Waals surface area contributed by atoms with E-state index in [9.17, 15) is 9.18 Å². The van der Waals surface area contributed by atoms with Crippen molar-refractivity contribution in [2.45, 2.75) is 46.3 Å². The van der Waals surface area contributed by atoms with Crippen molar-refractivity contribution < 1.29 is 13.9 Å². The van der Waals surface area contributed by atoms with Crippen LogP contribution < -0.4 is 0 Å². The number of hydrogen-bond donors (Lipinski definition) is 0. The smallest absolute Gasteiger partial charge is 0.410 e. The maximum Gasteiger partial charge on any atom is 0.410 e. The molecule has 0 heterocycles. The second-order valence-corrected chi connectivity index (χ2v) is 4.27. The SMILES string of the molecule is CCN(C(=O)OC(C)(C)C)[C@@H](C)CF. The van der Waals surface area contributed by atoms with Crippen LogP contribution in [-0.2, 0) is 4.74 Å². The summed E-state index contributed by atoms with van der Waals surface area (Å²) < 4.78 is 17.5. The number of alkyl halides is 1. The Hall–Kier alpha value is -0.800. The van der Waals surface area contributed by atoms with Crippen molar-refractivity contribution in [2.75, 3.05) is 13.2 Å². The van der Waals surface area contributed by atoms with Gasteiger partial charge in [0.1, 0.15) is 12.3 Å². The van der Waals surface area contributed by atoms with Crippen LogP contribution in [-0.4, -0.2) is 35.9 Å². The van der Waals surface area contributed by atoms with E-state index in [4.69, 9.17) is 4.74 Å². The lowest BCUT2D eigenvalue weighted by Crippen LogP contribution is -2.42. The molecule has 1 amide bonds. The number of rotatable bonds is 3. The highest BCUT2D eigenvalue weighted by Gasteiger charge is 2.24. The third-order valence-electron chi connectivity index (χ3n) is 1.72. The van der Waals surface area contributed by atoms with Crippen LogP contribution in [0.5, 0.6) is 0 Å². The molecular formula is C10H20FNO2. The average molecular weight is 205 g/mol. The quantitative estimate of drug-likeness (QED) is 0.708. The van der Waals surface area contributed by atoms with Crippen LogP contribution in [0.25, 0.3) is 0 Å². The van der Waals surface area contributed by atoms with E-state index >= 15 is 0 Å². The monoisotopic (exact) mass is 205 g/mol. The fraction of sp³-hybridized carbons (Fsp3) is 0.900. The highest BCUT2D eigenvalue weighted by atomic mass is 19.1. The number of carbonyl (C=O) groups is 1. The number of nitrogens with zero attached hydrogens (tertiary/aromatic N) is 1. The fourth-order valence-electron chi connectivity index (χ4n) is 1.02. The van der Waals surface area contributed by atoms with Gasteiger partial charge in [0.05, 0.1) is 6.04 Å². The third-order valence-corrected chi connectivity index (χ3v) is 1.72. The zero-order chi connectivity index (χ0) is 11.4. The number of halogens is 1. The van der Waals surface area contributed by atoms with Crippen molar-refractivity contribution in [2.24, 2.45) is 0 Å². The predicted octanol–water partition coefficient (Wildman–Crippen LogP) is 2.60. The van der Waals surface area contributed by atoms with Crippen LogP contribution in [0.4, 0.5) is 9.18 Å². The Balaban J connectivity index is 4.33. The van der Waals surface area contributed by atoms with Gasteiger partial charge in [-0.25, -0.2) is 9.18 Å². The minimum atomic E-state index is -0.549. The summed E-state index contributed by atoms with van der Waals surface area (Å²) in [4.78, 5) is 12.9. The molecule has 14 heavy (non-hydrogen) atoms. The van der Waals surface area contributed by atoms with Crippen molar-refractivity contribution in [3.63, 3.8) is 0 Å². The Labute approximate surface area is 85.2 Å². The van der Waals surface area contributed by atoms with E-state index < -0.39 is 24.4 Å². The van der Waals surface area contributed by atoms with Crippen LogP contribution in [0.15, 0.2) is 0 Å². The summed E-state index contributed by atoms with van der Waals surface area (Å²) in [6.45, 7) is 8.74. The molecule has 0 unspecified atom stereocenters. The van der Waals surface area contributed by atoms with Gasteiger partial charge in [0, 0.05) is 6.54 Å². The van der Waals surface area contributed by atoms with Crippen molar-refractivity contribution in [1.29, 1.82) is 0 Å². The zero-order valence-corrected chi connectivity index (χ0v) is 9.63. The van der Waals surface area contributed by atoms with E-state index in [1.54, 1.807) is 34.6 Å². The summed E-state index contributed by atoms with van der Waals surface area (Å²) in [5.74, 6) is 0. The lowest BCUT2D eigenvalue weighted by Gasteiger charge is -2.29. The minimum absolute atomic E-state index is 0.421. The van der Waals surface area contributed by atoms with E-state index in [2.05, 4.69) is 0 Å². The molecule has 0 bridgehead atoms. The van der Waals surface area contributed by atoms with Gasteiger partial charge in [-0.1, -0.05) is 0 Å². The third kappa shape index (κ3) is 4.44. The van der Waals surface area contributed by atoms with Gasteiger partial charge in [-0.15, -0.1) is 0 Å². The molecule has 0 saturated carbocycles. The average Bonchev–Trinajstić information content (AvgIpc) is 2.01. The number of amides is 1. The van der Waals surface area contributed by atoms with Gasteiger partial charge in [0.25, 0.3) is 0 Å². The highest BCUT2D eigenvalue weighted by Crippen LogP contribution is 2.11. The number of hydrogen-bond acceptors (Lipinski definition) is 2. The second kappa shape index (κ2) is 5.17. The molecule has 0 spiro atoms. The number of ether oxygens (including phenoxy) is 1.